The van der Waals surface area contributed by atoms with Crippen molar-refractivity contribution < 1.29 is 14.6 Å². The highest BCUT2D eigenvalue weighted by Gasteiger charge is 2.27. The molecule has 1 aromatic rings. The topological polar surface area (TPSA) is 58.6 Å². The molecule has 112 valence electrons. The van der Waals surface area contributed by atoms with E-state index in [0.29, 0.717) is 18.6 Å². The average molecular weight is 279 g/mol. The smallest absolute Gasteiger partial charge is 0.258 e. The molecule has 0 atom stereocenters. The lowest BCUT2D eigenvalue weighted by atomic mass is 9.94. The fourth-order valence-electron chi connectivity index (χ4n) is 2.03. The summed E-state index contributed by atoms with van der Waals surface area (Å²) in [6.45, 7) is 5.88. The van der Waals surface area contributed by atoms with Crippen molar-refractivity contribution in [3.05, 3.63) is 29.8 Å². The van der Waals surface area contributed by atoms with Gasteiger partial charge in [-0.2, -0.15) is 0 Å². The molecule has 0 saturated carbocycles. The number of hydrogen-bond donors (Lipinski definition) is 2. The fraction of sp³-hybridized carbons (Fsp3) is 0.562. The minimum absolute atomic E-state index is 0.0328. The van der Waals surface area contributed by atoms with Crippen LogP contribution in [-0.4, -0.2) is 29.8 Å². The molecular weight excluding hydrogens is 254 g/mol. The summed E-state index contributed by atoms with van der Waals surface area (Å²) in [6.07, 6.45) is 2.32. The first-order chi connectivity index (χ1) is 9.59. The zero-order valence-electron chi connectivity index (χ0n) is 12.6. The van der Waals surface area contributed by atoms with Crippen LogP contribution in [0.3, 0.4) is 0 Å². The van der Waals surface area contributed by atoms with Crippen molar-refractivity contribution >= 4 is 5.91 Å². The van der Waals surface area contributed by atoms with E-state index in [1.165, 1.54) is 5.56 Å². The van der Waals surface area contributed by atoms with Crippen LogP contribution >= 0.6 is 0 Å². The molecule has 0 heterocycles. The Morgan fingerprint density at radius 3 is 2.55 bits per heavy atom. The molecule has 2 N–H and O–H groups in total. The van der Waals surface area contributed by atoms with Crippen molar-refractivity contribution in [3.8, 4) is 5.75 Å². The molecule has 4 nitrogen and oxygen atoms in total. The lowest BCUT2D eigenvalue weighted by Crippen LogP contribution is -2.51. The average Bonchev–Trinajstić information content (AvgIpc) is 2.51. The Kier molecular flexibility index (Phi) is 6.52. The second kappa shape index (κ2) is 7.90. The summed E-state index contributed by atoms with van der Waals surface area (Å²) in [5.41, 5.74) is 0.640. The van der Waals surface area contributed by atoms with Gasteiger partial charge in [0.2, 0.25) is 0 Å². The number of rotatable bonds is 8. The van der Waals surface area contributed by atoms with Gasteiger partial charge in [-0.15, -0.1) is 0 Å². The van der Waals surface area contributed by atoms with Crippen molar-refractivity contribution in [2.45, 2.75) is 45.6 Å². The first-order valence-corrected chi connectivity index (χ1v) is 7.22. The van der Waals surface area contributed by atoms with Gasteiger partial charge in [-0.05, 0) is 37.0 Å². The van der Waals surface area contributed by atoms with Crippen LogP contribution in [-0.2, 0) is 11.2 Å². The van der Waals surface area contributed by atoms with Gasteiger partial charge in [0.05, 0.1) is 12.1 Å². The molecule has 0 bridgehead atoms. The van der Waals surface area contributed by atoms with Gasteiger partial charge < -0.3 is 15.2 Å². The highest BCUT2D eigenvalue weighted by molar-refractivity contribution is 5.78. The van der Waals surface area contributed by atoms with E-state index in [-0.39, 0.29) is 19.1 Å². The van der Waals surface area contributed by atoms with Crippen LogP contribution in [0.1, 0.15) is 39.2 Å². The van der Waals surface area contributed by atoms with Crippen molar-refractivity contribution in [1.82, 2.24) is 5.32 Å². The van der Waals surface area contributed by atoms with Crippen LogP contribution in [0.2, 0.25) is 0 Å². The molecule has 4 heteroatoms. The number of carbonyl (C=O) groups is 1. The van der Waals surface area contributed by atoms with Gasteiger partial charge in [0.15, 0.2) is 6.61 Å². The molecule has 0 aliphatic heterocycles. The Balaban J connectivity index is 2.54. The third-order valence-electron chi connectivity index (χ3n) is 3.74. The number of aliphatic hydroxyl groups excluding tert-OH is 1. The van der Waals surface area contributed by atoms with E-state index < -0.39 is 5.54 Å². The van der Waals surface area contributed by atoms with Gasteiger partial charge in [-0.25, -0.2) is 0 Å². The number of aryl methyl sites for hydroxylation is 1. The van der Waals surface area contributed by atoms with Crippen molar-refractivity contribution in [2.75, 3.05) is 13.2 Å². The van der Waals surface area contributed by atoms with E-state index in [2.05, 4.69) is 12.2 Å². The fourth-order valence-corrected chi connectivity index (χ4v) is 2.03. The van der Waals surface area contributed by atoms with Crippen LogP contribution in [0, 0.1) is 0 Å². The van der Waals surface area contributed by atoms with Gasteiger partial charge in [-0.3, -0.25) is 4.79 Å². The van der Waals surface area contributed by atoms with Crippen LogP contribution in [0.15, 0.2) is 24.3 Å². The molecule has 0 aliphatic carbocycles. The molecule has 1 rings (SSSR count). The molecule has 1 aromatic carbocycles. The van der Waals surface area contributed by atoms with Crippen molar-refractivity contribution in [1.29, 1.82) is 0 Å². The van der Waals surface area contributed by atoms with Crippen LogP contribution in [0.25, 0.3) is 0 Å². The van der Waals surface area contributed by atoms with Gasteiger partial charge in [0.25, 0.3) is 5.91 Å². The maximum Gasteiger partial charge on any atom is 0.258 e. The van der Waals surface area contributed by atoms with E-state index in [4.69, 9.17) is 4.74 Å². The Bertz CT molecular complexity index is 419. The summed E-state index contributed by atoms with van der Waals surface area (Å²) in [4.78, 5) is 11.9. The second-order valence-electron chi connectivity index (χ2n) is 4.98. The van der Waals surface area contributed by atoms with Gasteiger partial charge in [-0.1, -0.05) is 32.9 Å². The predicted molar refractivity (Wildman–Crippen MR) is 79.9 cm³/mol. The second-order valence-corrected chi connectivity index (χ2v) is 4.98. The minimum atomic E-state index is -0.536. The maximum atomic E-state index is 11.9. The monoisotopic (exact) mass is 279 g/mol. The van der Waals surface area contributed by atoms with E-state index >= 15 is 0 Å². The van der Waals surface area contributed by atoms with Crippen LogP contribution in [0.5, 0.6) is 5.75 Å². The number of ether oxygens (including phenoxy) is 1. The highest BCUT2D eigenvalue weighted by atomic mass is 16.5. The minimum Gasteiger partial charge on any atom is -0.484 e. The molecule has 0 spiro atoms. The summed E-state index contributed by atoms with van der Waals surface area (Å²) < 4.78 is 5.50. The van der Waals surface area contributed by atoms with Gasteiger partial charge >= 0.3 is 0 Å². The third kappa shape index (κ3) is 4.53. The molecule has 0 radical (unpaired) electrons. The zero-order valence-corrected chi connectivity index (χ0v) is 12.6. The van der Waals surface area contributed by atoms with Crippen molar-refractivity contribution in [3.63, 3.8) is 0 Å². The summed E-state index contributed by atoms with van der Waals surface area (Å²) >= 11 is 0. The van der Waals surface area contributed by atoms with Gasteiger partial charge in [0.1, 0.15) is 5.75 Å². The Morgan fingerprint density at radius 1 is 1.30 bits per heavy atom. The van der Waals surface area contributed by atoms with Gasteiger partial charge in [0, 0.05) is 0 Å². The quantitative estimate of drug-likeness (QED) is 0.767. The summed E-state index contributed by atoms with van der Waals surface area (Å²) in [7, 11) is 0. The first kappa shape index (κ1) is 16.5. The molecule has 0 unspecified atom stereocenters. The molecular formula is C16H25NO3. The molecule has 20 heavy (non-hydrogen) atoms. The first-order valence-electron chi connectivity index (χ1n) is 7.22. The molecule has 0 fully saturated rings. The molecule has 0 aliphatic rings. The largest absolute Gasteiger partial charge is 0.484 e. The molecule has 0 saturated heterocycles. The summed E-state index contributed by atoms with van der Waals surface area (Å²) in [5.74, 6) is 0.492. The number of aliphatic hydroxyl groups is 1. The summed E-state index contributed by atoms with van der Waals surface area (Å²) in [6, 6.07) is 7.72. The van der Waals surface area contributed by atoms with E-state index in [9.17, 15) is 9.90 Å². The third-order valence-corrected chi connectivity index (χ3v) is 3.74. The van der Waals surface area contributed by atoms with Crippen molar-refractivity contribution in [2.24, 2.45) is 0 Å². The van der Waals surface area contributed by atoms with Crippen LogP contribution in [0.4, 0.5) is 0 Å². The number of amides is 1. The summed E-state index contributed by atoms with van der Waals surface area (Å²) in [5, 5.41) is 12.3. The Hall–Kier alpha value is -1.55. The predicted octanol–water partition coefficient (Wildman–Crippen LogP) is 2.30. The maximum absolute atomic E-state index is 11.9. The number of nitrogens with one attached hydrogen (secondary N) is 1. The van der Waals surface area contributed by atoms with E-state index in [1.807, 2.05) is 38.1 Å². The SMILES string of the molecule is CCc1cccc(OCC(=O)NC(CC)(CC)CO)c1. The number of benzene rings is 1. The standard InChI is InChI=1S/C16H25NO3/c1-4-13-8-7-9-14(10-13)20-11-15(19)17-16(5-2,6-3)12-18/h7-10,18H,4-6,11-12H2,1-3H3,(H,17,19). The number of carbonyl (C=O) groups excluding carboxylic acids is 1. The zero-order chi connectivity index (χ0) is 15.0. The molecule has 1 amide bonds. The lowest BCUT2D eigenvalue weighted by Gasteiger charge is -2.30. The van der Waals surface area contributed by atoms with E-state index in [0.717, 1.165) is 6.42 Å². The Morgan fingerprint density at radius 2 is 2.00 bits per heavy atom. The lowest BCUT2D eigenvalue weighted by molar-refractivity contribution is -0.125. The normalized spacial score (nSPS) is 11.2. The van der Waals surface area contributed by atoms with Crippen LogP contribution < -0.4 is 10.1 Å². The molecule has 0 aromatic heterocycles. The Labute approximate surface area is 121 Å². The highest BCUT2D eigenvalue weighted by Crippen LogP contribution is 2.15. The van der Waals surface area contributed by atoms with E-state index in [1.54, 1.807) is 0 Å². The number of hydrogen-bond acceptors (Lipinski definition) is 3.